The largest absolute Gasteiger partial charge is 0.417 e. The van der Waals surface area contributed by atoms with Crippen LogP contribution in [0.4, 0.5) is 32.6 Å². The van der Waals surface area contributed by atoms with Gasteiger partial charge in [-0.05, 0) is 24.6 Å². The Kier molecular flexibility index (Phi) is 6.04. The number of carbonyl (C=O) groups excluding carboxylic acids is 2. The van der Waals surface area contributed by atoms with Crippen molar-refractivity contribution in [3.05, 3.63) is 59.3 Å². The molecule has 1 aliphatic heterocycles. The molecule has 30 heavy (non-hydrogen) atoms. The van der Waals surface area contributed by atoms with Crippen molar-refractivity contribution in [1.29, 1.82) is 0 Å². The van der Waals surface area contributed by atoms with Crippen molar-refractivity contribution < 1.29 is 31.5 Å². The van der Waals surface area contributed by atoms with E-state index in [0.717, 1.165) is 11.0 Å². The van der Waals surface area contributed by atoms with Gasteiger partial charge in [0.1, 0.15) is 5.82 Å². The molecule has 3 rings (SSSR count). The van der Waals surface area contributed by atoms with Crippen LogP contribution in [0.2, 0.25) is 0 Å². The summed E-state index contributed by atoms with van der Waals surface area (Å²) < 4.78 is 66.0. The fraction of sp³-hybridized carbons (Fsp3) is 0.350. The molecule has 0 bridgehead atoms. The van der Waals surface area contributed by atoms with Crippen molar-refractivity contribution in [2.24, 2.45) is 0 Å². The Hall–Kier alpha value is -3.04. The van der Waals surface area contributed by atoms with E-state index in [-0.39, 0.29) is 24.7 Å². The Bertz CT molecular complexity index is 964. The van der Waals surface area contributed by atoms with Crippen LogP contribution >= 0.6 is 0 Å². The average molecular weight is 427 g/mol. The van der Waals surface area contributed by atoms with Gasteiger partial charge in [-0.25, -0.2) is 18.6 Å². The number of hydrogen-bond donors (Lipinski definition) is 0. The number of carbonyl (C=O) groups is 2. The summed E-state index contributed by atoms with van der Waals surface area (Å²) >= 11 is 0. The van der Waals surface area contributed by atoms with Gasteiger partial charge in [0.05, 0.1) is 18.2 Å². The third kappa shape index (κ3) is 4.42. The fourth-order valence-corrected chi connectivity index (χ4v) is 3.35. The van der Waals surface area contributed by atoms with Crippen molar-refractivity contribution in [2.75, 3.05) is 18.0 Å². The van der Waals surface area contributed by atoms with Gasteiger partial charge in [-0.15, -0.1) is 0 Å². The molecule has 1 aromatic carbocycles. The van der Waals surface area contributed by atoms with Crippen molar-refractivity contribution in [3.63, 3.8) is 0 Å². The molecule has 0 unspecified atom stereocenters. The molecule has 0 radical (unpaired) electrons. The predicted molar refractivity (Wildman–Crippen MR) is 98.1 cm³/mol. The summed E-state index contributed by atoms with van der Waals surface area (Å²) in [4.78, 5) is 31.0. The van der Waals surface area contributed by atoms with E-state index in [2.05, 4.69) is 4.98 Å². The second-order valence-corrected chi connectivity index (χ2v) is 6.92. The number of ketones is 1. The molecule has 1 fully saturated rings. The van der Waals surface area contributed by atoms with E-state index in [0.29, 0.717) is 19.0 Å². The second kappa shape index (κ2) is 8.37. The summed E-state index contributed by atoms with van der Waals surface area (Å²) in [5, 5.41) is 0. The molecular formula is C20H18F5N3O2. The van der Waals surface area contributed by atoms with Gasteiger partial charge < -0.3 is 4.90 Å². The van der Waals surface area contributed by atoms with Crippen molar-refractivity contribution in [2.45, 2.75) is 32.0 Å². The van der Waals surface area contributed by atoms with Crippen LogP contribution in [0.5, 0.6) is 0 Å². The van der Waals surface area contributed by atoms with Gasteiger partial charge >= 0.3 is 12.2 Å². The van der Waals surface area contributed by atoms with E-state index in [1.165, 1.54) is 23.1 Å². The van der Waals surface area contributed by atoms with Gasteiger partial charge in [0.25, 0.3) is 0 Å². The number of amides is 2. The van der Waals surface area contributed by atoms with Crippen LogP contribution in [0.15, 0.2) is 36.5 Å². The van der Waals surface area contributed by atoms with Gasteiger partial charge in [-0.1, -0.05) is 25.5 Å². The molecule has 10 heteroatoms. The molecule has 2 heterocycles. The summed E-state index contributed by atoms with van der Waals surface area (Å²) in [5.41, 5.74) is -1.19. The quantitative estimate of drug-likeness (QED) is 0.497. The highest BCUT2D eigenvalue weighted by Crippen LogP contribution is 2.32. The predicted octanol–water partition coefficient (Wildman–Crippen LogP) is 4.67. The lowest BCUT2D eigenvalue weighted by Crippen LogP contribution is -2.39. The Labute approximate surface area is 169 Å². The molecule has 1 aliphatic rings. The van der Waals surface area contributed by atoms with Gasteiger partial charge in [0, 0.05) is 18.3 Å². The molecule has 0 N–H and O–H groups in total. The summed E-state index contributed by atoms with van der Waals surface area (Å²) in [7, 11) is 0. The normalized spacial score (nSPS) is 17.0. The minimum Gasteiger partial charge on any atom is -0.312 e. The molecule has 0 aliphatic carbocycles. The highest BCUT2D eigenvalue weighted by molar-refractivity contribution is 6.02. The van der Waals surface area contributed by atoms with Gasteiger partial charge in [-0.2, -0.15) is 13.2 Å². The number of Topliss-reactive ketones (excluding diaryl/α,β-unsaturated/α-hetero) is 1. The first-order valence-corrected chi connectivity index (χ1v) is 9.21. The minimum atomic E-state index is -4.77. The van der Waals surface area contributed by atoms with Crippen LogP contribution < -0.4 is 4.90 Å². The number of urea groups is 1. The molecule has 160 valence electrons. The van der Waals surface area contributed by atoms with E-state index < -0.39 is 47.0 Å². The number of rotatable bonds is 6. The first-order chi connectivity index (χ1) is 14.1. The Balaban J connectivity index is 1.86. The molecule has 0 spiro atoms. The zero-order valence-corrected chi connectivity index (χ0v) is 15.9. The maximum atomic E-state index is 14.3. The Morgan fingerprint density at radius 3 is 2.57 bits per heavy atom. The molecule has 0 saturated carbocycles. The van der Waals surface area contributed by atoms with Crippen LogP contribution in [0.1, 0.15) is 35.7 Å². The fourth-order valence-electron chi connectivity index (χ4n) is 3.35. The highest BCUT2D eigenvalue weighted by atomic mass is 19.4. The first-order valence-electron chi connectivity index (χ1n) is 9.21. The summed E-state index contributed by atoms with van der Waals surface area (Å²) in [5.74, 6) is -2.93. The van der Waals surface area contributed by atoms with Crippen molar-refractivity contribution in [3.8, 4) is 0 Å². The third-order valence-corrected chi connectivity index (χ3v) is 4.80. The van der Waals surface area contributed by atoms with E-state index >= 15 is 0 Å². The van der Waals surface area contributed by atoms with Crippen LogP contribution in [-0.2, 0) is 6.18 Å². The van der Waals surface area contributed by atoms with Crippen LogP contribution in [0.3, 0.4) is 0 Å². The lowest BCUT2D eigenvalue weighted by molar-refractivity contribution is -0.138. The number of pyridine rings is 1. The number of anilines is 1. The first kappa shape index (κ1) is 21.7. The number of halogens is 5. The highest BCUT2D eigenvalue weighted by Gasteiger charge is 2.41. The summed E-state index contributed by atoms with van der Waals surface area (Å²) in [6.45, 7) is 1.46. The third-order valence-electron chi connectivity index (χ3n) is 4.80. The minimum absolute atomic E-state index is 0.0294. The molecule has 1 saturated heterocycles. The second-order valence-electron chi connectivity index (χ2n) is 6.92. The maximum Gasteiger partial charge on any atom is 0.417 e. The number of alkyl halides is 3. The SMILES string of the molecule is CCC[C@H]1CN(c2ncc(C(F)(F)F)cc2F)C(=O)N1CC(=O)c1cccc(F)c1. The smallest absolute Gasteiger partial charge is 0.312 e. The van der Waals surface area contributed by atoms with E-state index in [9.17, 15) is 31.5 Å². The van der Waals surface area contributed by atoms with E-state index in [1.807, 2.05) is 6.92 Å². The zero-order chi connectivity index (χ0) is 22.1. The zero-order valence-electron chi connectivity index (χ0n) is 15.9. The van der Waals surface area contributed by atoms with Crippen LogP contribution in [0.25, 0.3) is 0 Å². The monoisotopic (exact) mass is 427 g/mol. The molecule has 1 atom stereocenters. The number of nitrogens with zero attached hydrogens (tertiary/aromatic N) is 3. The van der Waals surface area contributed by atoms with Crippen molar-refractivity contribution >= 4 is 17.6 Å². The lowest BCUT2D eigenvalue weighted by Gasteiger charge is -2.22. The van der Waals surface area contributed by atoms with Gasteiger partial charge in [-0.3, -0.25) is 9.69 Å². The summed E-state index contributed by atoms with van der Waals surface area (Å²) in [6, 6.07) is 4.07. The Morgan fingerprint density at radius 2 is 1.97 bits per heavy atom. The van der Waals surface area contributed by atoms with Gasteiger partial charge in [0.15, 0.2) is 17.4 Å². The van der Waals surface area contributed by atoms with Gasteiger partial charge in [0.2, 0.25) is 0 Å². The van der Waals surface area contributed by atoms with E-state index in [1.54, 1.807) is 0 Å². The van der Waals surface area contributed by atoms with Crippen LogP contribution in [0, 0.1) is 11.6 Å². The summed E-state index contributed by atoms with van der Waals surface area (Å²) in [6.07, 6.45) is -3.17. The van der Waals surface area contributed by atoms with E-state index in [4.69, 9.17) is 0 Å². The number of hydrogen-bond acceptors (Lipinski definition) is 3. The maximum absolute atomic E-state index is 14.3. The number of benzene rings is 1. The molecule has 2 aromatic rings. The standard InChI is InChI=1S/C20H18F5N3O2/c1-2-4-15-10-28(18-16(22)8-13(9-26-18)20(23,24)25)19(30)27(15)11-17(29)12-5-3-6-14(21)7-12/h3,5-9,15H,2,4,10-11H2,1H3/t15-/m0/s1. The molecule has 2 amide bonds. The Morgan fingerprint density at radius 1 is 1.23 bits per heavy atom. The van der Waals surface area contributed by atoms with Crippen LogP contribution in [-0.4, -0.2) is 40.8 Å². The topological polar surface area (TPSA) is 53.5 Å². The molecular weight excluding hydrogens is 409 g/mol. The molecule has 5 nitrogen and oxygen atoms in total. The van der Waals surface area contributed by atoms with Crippen molar-refractivity contribution in [1.82, 2.24) is 9.88 Å². The lowest BCUT2D eigenvalue weighted by atomic mass is 10.1. The molecule has 1 aromatic heterocycles. The number of aromatic nitrogens is 1. The average Bonchev–Trinajstić information content (AvgIpc) is 2.97.